The molecule has 0 radical (unpaired) electrons. The summed E-state index contributed by atoms with van der Waals surface area (Å²) < 4.78 is 1.16. The minimum Gasteiger partial charge on any atom is -0.389 e. The highest BCUT2D eigenvalue weighted by Gasteiger charge is 2.07. The summed E-state index contributed by atoms with van der Waals surface area (Å²) in [6.07, 6.45) is 0. The van der Waals surface area contributed by atoms with Gasteiger partial charge in [-0.15, -0.1) is 0 Å². The SMILES string of the molecule is Cc1ccc(C(N)=S)c(Nc2ccccc2I)c1. The number of anilines is 2. The lowest BCUT2D eigenvalue weighted by atomic mass is 10.1. The molecule has 0 aromatic heterocycles. The second-order valence-corrected chi connectivity index (χ2v) is 5.62. The van der Waals surface area contributed by atoms with Crippen LogP contribution in [0.15, 0.2) is 42.5 Å². The Bertz CT molecular complexity index is 596. The molecule has 0 aliphatic heterocycles. The van der Waals surface area contributed by atoms with Gasteiger partial charge in [0.15, 0.2) is 0 Å². The summed E-state index contributed by atoms with van der Waals surface area (Å²) in [6, 6.07) is 14.1. The first-order valence-corrected chi connectivity index (χ1v) is 6.98. The second-order valence-electron chi connectivity index (χ2n) is 4.02. The van der Waals surface area contributed by atoms with Gasteiger partial charge in [-0.3, -0.25) is 0 Å². The summed E-state index contributed by atoms with van der Waals surface area (Å²) in [7, 11) is 0. The Hall–Kier alpha value is -1.14. The van der Waals surface area contributed by atoms with Crippen molar-refractivity contribution in [2.24, 2.45) is 5.73 Å². The van der Waals surface area contributed by atoms with Crippen LogP contribution in [0.25, 0.3) is 0 Å². The van der Waals surface area contributed by atoms with Gasteiger partial charge in [0, 0.05) is 14.8 Å². The monoisotopic (exact) mass is 368 g/mol. The largest absolute Gasteiger partial charge is 0.389 e. The fourth-order valence-electron chi connectivity index (χ4n) is 1.68. The molecule has 0 aliphatic rings. The Morgan fingerprint density at radius 2 is 1.89 bits per heavy atom. The Morgan fingerprint density at radius 1 is 1.17 bits per heavy atom. The number of aryl methyl sites for hydroxylation is 1. The topological polar surface area (TPSA) is 38.0 Å². The van der Waals surface area contributed by atoms with Gasteiger partial charge in [0.05, 0.1) is 5.69 Å². The number of thiocarbonyl (C=S) groups is 1. The highest BCUT2D eigenvalue weighted by atomic mass is 127. The van der Waals surface area contributed by atoms with Gasteiger partial charge in [-0.2, -0.15) is 0 Å². The maximum Gasteiger partial charge on any atom is 0.106 e. The van der Waals surface area contributed by atoms with Crippen molar-refractivity contribution in [2.45, 2.75) is 6.92 Å². The van der Waals surface area contributed by atoms with Gasteiger partial charge in [0.1, 0.15) is 4.99 Å². The van der Waals surface area contributed by atoms with Gasteiger partial charge in [0.2, 0.25) is 0 Å². The van der Waals surface area contributed by atoms with E-state index in [0.717, 1.165) is 20.5 Å². The van der Waals surface area contributed by atoms with Crippen LogP contribution in [0.4, 0.5) is 11.4 Å². The average molecular weight is 368 g/mol. The minimum absolute atomic E-state index is 0.406. The first-order valence-electron chi connectivity index (χ1n) is 5.50. The molecule has 3 N–H and O–H groups in total. The third kappa shape index (κ3) is 3.00. The van der Waals surface area contributed by atoms with Crippen LogP contribution in [-0.2, 0) is 0 Å². The molecule has 92 valence electrons. The van der Waals surface area contributed by atoms with E-state index in [9.17, 15) is 0 Å². The highest BCUT2D eigenvalue weighted by molar-refractivity contribution is 14.1. The average Bonchev–Trinajstić information content (AvgIpc) is 2.32. The number of nitrogens with two attached hydrogens (primary N) is 1. The zero-order valence-corrected chi connectivity index (χ0v) is 12.9. The van der Waals surface area contributed by atoms with Crippen LogP contribution in [0.5, 0.6) is 0 Å². The van der Waals surface area contributed by atoms with E-state index in [1.165, 1.54) is 5.56 Å². The quantitative estimate of drug-likeness (QED) is 0.636. The van der Waals surface area contributed by atoms with E-state index in [1.807, 2.05) is 37.3 Å². The number of hydrogen-bond acceptors (Lipinski definition) is 2. The summed E-state index contributed by atoms with van der Waals surface area (Å²) >= 11 is 7.38. The van der Waals surface area contributed by atoms with Crippen molar-refractivity contribution in [1.82, 2.24) is 0 Å². The van der Waals surface area contributed by atoms with Crippen molar-refractivity contribution < 1.29 is 0 Å². The molecular weight excluding hydrogens is 355 g/mol. The Labute approximate surface area is 126 Å². The van der Waals surface area contributed by atoms with Gasteiger partial charge < -0.3 is 11.1 Å². The molecule has 0 amide bonds. The number of halogens is 1. The first kappa shape index (κ1) is 13.3. The molecule has 0 saturated heterocycles. The molecule has 2 aromatic carbocycles. The number of hydrogen-bond donors (Lipinski definition) is 2. The van der Waals surface area contributed by atoms with Gasteiger partial charge >= 0.3 is 0 Å². The fraction of sp³-hybridized carbons (Fsp3) is 0.0714. The summed E-state index contributed by atoms with van der Waals surface area (Å²) in [5.41, 5.74) is 9.79. The molecule has 0 aliphatic carbocycles. The highest BCUT2D eigenvalue weighted by Crippen LogP contribution is 2.25. The van der Waals surface area contributed by atoms with Crippen LogP contribution in [0, 0.1) is 10.5 Å². The first-order chi connectivity index (χ1) is 8.58. The van der Waals surface area contributed by atoms with Crippen LogP contribution >= 0.6 is 34.8 Å². The zero-order chi connectivity index (χ0) is 13.1. The normalized spacial score (nSPS) is 10.1. The lowest BCUT2D eigenvalue weighted by molar-refractivity contribution is 1.43. The van der Waals surface area contributed by atoms with E-state index in [4.69, 9.17) is 18.0 Å². The predicted molar refractivity (Wildman–Crippen MR) is 89.5 cm³/mol. The summed E-state index contributed by atoms with van der Waals surface area (Å²) in [5.74, 6) is 0. The number of benzene rings is 2. The Morgan fingerprint density at radius 3 is 2.56 bits per heavy atom. The molecule has 0 spiro atoms. The van der Waals surface area contributed by atoms with Gasteiger partial charge in [-0.25, -0.2) is 0 Å². The molecule has 18 heavy (non-hydrogen) atoms. The molecular formula is C14H13IN2S. The lowest BCUT2D eigenvalue weighted by Gasteiger charge is -2.13. The summed E-state index contributed by atoms with van der Waals surface area (Å²) in [5, 5.41) is 3.39. The van der Waals surface area contributed by atoms with Gasteiger partial charge in [-0.05, 0) is 59.3 Å². The van der Waals surface area contributed by atoms with E-state index < -0.39 is 0 Å². The molecule has 0 atom stereocenters. The number of para-hydroxylation sites is 1. The third-order valence-corrected chi connectivity index (χ3v) is 3.74. The van der Waals surface area contributed by atoms with Crippen molar-refractivity contribution in [3.8, 4) is 0 Å². The Kier molecular flexibility index (Phi) is 4.19. The van der Waals surface area contributed by atoms with Gasteiger partial charge in [0.25, 0.3) is 0 Å². The van der Waals surface area contributed by atoms with E-state index in [-0.39, 0.29) is 0 Å². The van der Waals surface area contributed by atoms with Crippen molar-refractivity contribution in [3.05, 3.63) is 57.2 Å². The molecule has 0 unspecified atom stereocenters. The van der Waals surface area contributed by atoms with E-state index in [1.54, 1.807) is 0 Å². The molecule has 0 bridgehead atoms. The van der Waals surface area contributed by atoms with Crippen LogP contribution in [0.3, 0.4) is 0 Å². The maximum atomic E-state index is 5.75. The van der Waals surface area contributed by atoms with Crippen molar-refractivity contribution in [3.63, 3.8) is 0 Å². The molecule has 2 aromatic rings. The smallest absolute Gasteiger partial charge is 0.106 e. The van der Waals surface area contributed by atoms with Crippen LogP contribution in [-0.4, -0.2) is 4.99 Å². The van der Waals surface area contributed by atoms with E-state index in [2.05, 4.69) is 40.0 Å². The summed E-state index contributed by atoms with van der Waals surface area (Å²) in [6.45, 7) is 2.05. The second kappa shape index (κ2) is 5.67. The van der Waals surface area contributed by atoms with E-state index >= 15 is 0 Å². The molecule has 4 heteroatoms. The molecule has 2 rings (SSSR count). The van der Waals surface area contributed by atoms with Gasteiger partial charge in [-0.1, -0.05) is 30.4 Å². The molecule has 0 saturated carbocycles. The third-order valence-electron chi connectivity index (χ3n) is 2.58. The predicted octanol–water partition coefficient (Wildman–Crippen LogP) is 3.98. The minimum atomic E-state index is 0.406. The van der Waals surface area contributed by atoms with Crippen LogP contribution < -0.4 is 11.1 Å². The van der Waals surface area contributed by atoms with Crippen LogP contribution in [0.2, 0.25) is 0 Å². The lowest BCUT2D eigenvalue weighted by Crippen LogP contribution is -2.12. The molecule has 2 nitrogen and oxygen atoms in total. The van der Waals surface area contributed by atoms with Crippen LogP contribution in [0.1, 0.15) is 11.1 Å². The van der Waals surface area contributed by atoms with Crippen molar-refractivity contribution >= 4 is 51.2 Å². The number of rotatable bonds is 3. The molecule has 0 fully saturated rings. The Balaban J connectivity index is 2.42. The fourth-order valence-corrected chi connectivity index (χ4v) is 2.38. The molecule has 0 heterocycles. The summed E-state index contributed by atoms with van der Waals surface area (Å²) in [4.78, 5) is 0.406. The zero-order valence-electron chi connectivity index (χ0n) is 9.91. The van der Waals surface area contributed by atoms with Crippen molar-refractivity contribution in [1.29, 1.82) is 0 Å². The van der Waals surface area contributed by atoms with E-state index in [0.29, 0.717) is 4.99 Å². The maximum absolute atomic E-state index is 5.75. The van der Waals surface area contributed by atoms with Crippen molar-refractivity contribution in [2.75, 3.05) is 5.32 Å². The number of nitrogens with one attached hydrogen (secondary N) is 1. The standard InChI is InChI=1S/C14H13IN2S/c1-9-6-7-10(14(16)18)13(8-9)17-12-5-3-2-4-11(12)15/h2-8,17H,1H3,(H2,16,18).